The largest absolute Gasteiger partial charge is 0.378 e. The van der Waals surface area contributed by atoms with Gasteiger partial charge in [-0.3, -0.25) is 4.79 Å². The summed E-state index contributed by atoms with van der Waals surface area (Å²) in [5, 5.41) is 12.4. The first kappa shape index (κ1) is 20.7. The van der Waals surface area contributed by atoms with Gasteiger partial charge in [0.05, 0.1) is 13.2 Å². The predicted octanol–water partition coefficient (Wildman–Crippen LogP) is 3.90. The molecule has 0 radical (unpaired) electrons. The van der Waals surface area contributed by atoms with Crippen molar-refractivity contribution in [2.75, 3.05) is 36.5 Å². The number of nitrogens with one attached hydrogen (secondary N) is 1. The average Bonchev–Trinajstić information content (AvgIpc) is 3.00. The van der Waals surface area contributed by atoms with Crippen LogP contribution in [-0.4, -0.2) is 36.8 Å². The van der Waals surface area contributed by atoms with Gasteiger partial charge in [0.25, 0.3) is 5.91 Å². The first-order valence-electron chi connectivity index (χ1n) is 10.1. The summed E-state index contributed by atoms with van der Waals surface area (Å²) in [4.78, 5) is 14.9. The number of amides is 1. The molecular weight excluding hydrogens is 364 g/mol. The number of rotatable bonds is 6. The summed E-state index contributed by atoms with van der Waals surface area (Å²) in [7, 11) is 0. The molecule has 152 valence electrons. The summed E-state index contributed by atoms with van der Waals surface area (Å²) in [6.07, 6.45) is 2.71. The monoisotopic (exact) mass is 392 g/mol. The molecule has 0 unspecified atom stereocenters. The average molecular weight is 393 g/mol. The molecule has 0 spiro atoms. The Morgan fingerprint density at radius 1 is 1.28 bits per heavy atom. The zero-order valence-corrected chi connectivity index (χ0v) is 17.4. The van der Waals surface area contributed by atoms with Gasteiger partial charge in [-0.1, -0.05) is 13.0 Å². The Balaban J connectivity index is 1.78. The third kappa shape index (κ3) is 4.87. The molecule has 1 aliphatic rings. The fourth-order valence-electron chi connectivity index (χ4n) is 3.65. The molecule has 1 N–H and O–H groups in total. The molecule has 1 fully saturated rings. The summed E-state index contributed by atoms with van der Waals surface area (Å²) < 4.78 is 7.61. The summed E-state index contributed by atoms with van der Waals surface area (Å²) in [6, 6.07) is 11.8. The van der Waals surface area contributed by atoms with Crippen LogP contribution in [0.1, 0.15) is 30.3 Å². The maximum atomic E-state index is 12.7. The van der Waals surface area contributed by atoms with Crippen LogP contribution in [0.15, 0.2) is 35.9 Å². The summed E-state index contributed by atoms with van der Waals surface area (Å²) in [6.45, 7) is 10.2. The third-order valence-corrected chi connectivity index (χ3v) is 5.21. The number of carbonyl (C=O) groups excluding carboxylic acids is 1. The van der Waals surface area contributed by atoms with E-state index in [2.05, 4.69) is 21.7 Å². The zero-order valence-electron chi connectivity index (χ0n) is 17.4. The molecular formula is C23H28N4O2. The highest BCUT2D eigenvalue weighted by atomic mass is 16.5. The van der Waals surface area contributed by atoms with Crippen LogP contribution in [-0.2, 0) is 16.1 Å². The minimum absolute atomic E-state index is 0.0959. The number of morpholine rings is 1. The Kier molecular flexibility index (Phi) is 6.73. The van der Waals surface area contributed by atoms with E-state index in [1.807, 2.05) is 50.2 Å². The Morgan fingerprint density at radius 3 is 2.72 bits per heavy atom. The molecule has 2 aromatic rings. The van der Waals surface area contributed by atoms with Crippen LogP contribution in [0.3, 0.4) is 0 Å². The Labute approximate surface area is 172 Å². The summed E-state index contributed by atoms with van der Waals surface area (Å²) >= 11 is 0. The normalized spacial score (nSPS) is 14.6. The first-order chi connectivity index (χ1) is 14.0. The Morgan fingerprint density at radius 2 is 2.03 bits per heavy atom. The van der Waals surface area contributed by atoms with Gasteiger partial charge in [-0.15, -0.1) is 0 Å². The number of aromatic nitrogens is 1. The van der Waals surface area contributed by atoms with Crippen LogP contribution in [0, 0.1) is 25.2 Å². The second-order valence-corrected chi connectivity index (χ2v) is 7.25. The topological polar surface area (TPSA) is 70.3 Å². The molecule has 0 aliphatic carbocycles. The van der Waals surface area contributed by atoms with Crippen molar-refractivity contribution >= 4 is 23.4 Å². The van der Waals surface area contributed by atoms with E-state index in [1.165, 1.54) is 0 Å². The molecule has 29 heavy (non-hydrogen) atoms. The fraction of sp³-hybridized carbons (Fsp3) is 0.391. The van der Waals surface area contributed by atoms with Gasteiger partial charge in [0.2, 0.25) is 0 Å². The van der Waals surface area contributed by atoms with Crippen molar-refractivity contribution in [3.63, 3.8) is 0 Å². The minimum atomic E-state index is -0.396. The van der Waals surface area contributed by atoms with E-state index in [9.17, 15) is 10.1 Å². The molecule has 1 saturated heterocycles. The van der Waals surface area contributed by atoms with Gasteiger partial charge in [-0.2, -0.15) is 5.26 Å². The van der Waals surface area contributed by atoms with E-state index in [0.29, 0.717) is 18.9 Å². The van der Waals surface area contributed by atoms with Crippen LogP contribution in [0.2, 0.25) is 0 Å². The van der Waals surface area contributed by atoms with Crippen LogP contribution in [0.25, 0.3) is 6.08 Å². The molecule has 0 saturated carbocycles. The lowest BCUT2D eigenvalue weighted by atomic mass is 10.1. The molecule has 3 rings (SSSR count). The summed E-state index contributed by atoms with van der Waals surface area (Å²) in [5.41, 5.74) is 4.92. The van der Waals surface area contributed by atoms with E-state index in [0.717, 1.165) is 48.7 Å². The lowest BCUT2D eigenvalue weighted by molar-refractivity contribution is -0.112. The van der Waals surface area contributed by atoms with E-state index < -0.39 is 5.91 Å². The highest BCUT2D eigenvalue weighted by Gasteiger charge is 2.15. The second-order valence-electron chi connectivity index (χ2n) is 7.25. The van der Waals surface area contributed by atoms with Gasteiger partial charge in [0, 0.05) is 42.4 Å². The maximum absolute atomic E-state index is 12.7. The van der Waals surface area contributed by atoms with Gasteiger partial charge < -0.3 is 19.5 Å². The quantitative estimate of drug-likeness (QED) is 0.598. The Bertz CT molecular complexity index is 946. The Hall–Kier alpha value is -3.04. The van der Waals surface area contributed by atoms with Gasteiger partial charge in [0.1, 0.15) is 11.6 Å². The molecule has 0 bridgehead atoms. The number of ether oxygens (including phenoxy) is 1. The van der Waals surface area contributed by atoms with Crippen LogP contribution in [0.4, 0.5) is 11.4 Å². The molecule has 0 atom stereocenters. The van der Waals surface area contributed by atoms with Crippen molar-refractivity contribution in [2.24, 2.45) is 0 Å². The van der Waals surface area contributed by atoms with Crippen molar-refractivity contribution in [1.82, 2.24) is 4.57 Å². The lowest BCUT2D eigenvalue weighted by Gasteiger charge is -2.29. The maximum Gasteiger partial charge on any atom is 0.266 e. The van der Waals surface area contributed by atoms with Gasteiger partial charge in [-0.25, -0.2) is 0 Å². The van der Waals surface area contributed by atoms with E-state index >= 15 is 0 Å². The van der Waals surface area contributed by atoms with Crippen LogP contribution < -0.4 is 10.2 Å². The van der Waals surface area contributed by atoms with Gasteiger partial charge >= 0.3 is 0 Å². The smallest absolute Gasteiger partial charge is 0.266 e. The van der Waals surface area contributed by atoms with E-state index in [1.54, 1.807) is 6.08 Å². The van der Waals surface area contributed by atoms with Crippen molar-refractivity contribution < 1.29 is 9.53 Å². The number of benzene rings is 1. The molecule has 1 amide bonds. The van der Waals surface area contributed by atoms with E-state index in [-0.39, 0.29) is 5.57 Å². The molecule has 1 aliphatic heterocycles. The molecule has 1 aromatic heterocycles. The van der Waals surface area contributed by atoms with E-state index in [4.69, 9.17) is 4.74 Å². The standard InChI is InChI=1S/C23H28N4O2/c1-4-8-27-17(2)13-19(18(27)3)14-20(16-24)23(28)25-21-6-5-7-22(15-21)26-9-11-29-12-10-26/h5-7,13-15H,4,8-12H2,1-3H3,(H,25,28)/b20-14-. The number of hydrogen-bond donors (Lipinski definition) is 1. The molecule has 6 heteroatoms. The predicted molar refractivity (Wildman–Crippen MR) is 116 cm³/mol. The van der Waals surface area contributed by atoms with Crippen LogP contribution >= 0.6 is 0 Å². The number of anilines is 2. The van der Waals surface area contributed by atoms with Gasteiger partial charge in [0.15, 0.2) is 0 Å². The third-order valence-electron chi connectivity index (χ3n) is 5.21. The number of hydrogen-bond acceptors (Lipinski definition) is 4. The fourth-order valence-corrected chi connectivity index (χ4v) is 3.65. The van der Waals surface area contributed by atoms with Crippen molar-refractivity contribution in [3.8, 4) is 6.07 Å². The number of nitriles is 1. The van der Waals surface area contributed by atoms with Gasteiger partial charge in [-0.05, 0) is 56.2 Å². The lowest BCUT2D eigenvalue weighted by Crippen LogP contribution is -2.36. The molecule has 1 aromatic carbocycles. The van der Waals surface area contributed by atoms with Crippen molar-refractivity contribution in [3.05, 3.63) is 52.9 Å². The number of nitrogens with zero attached hydrogens (tertiary/aromatic N) is 3. The van der Waals surface area contributed by atoms with Crippen molar-refractivity contribution in [1.29, 1.82) is 5.26 Å². The second kappa shape index (κ2) is 9.44. The minimum Gasteiger partial charge on any atom is -0.378 e. The van der Waals surface area contributed by atoms with Crippen LogP contribution in [0.5, 0.6) is 0 Å². The first-order valence-corrected chi connectivity index (χ1v) is 10.1. The zero-order chi connectivity index (χ0) is 20.8. The highest BCUT2D eigenvalue weighted by molar-refractivity contribution is 6.09. The molecule has 6 nitrogen and oxygen atoms in total. The van der Waals surface area contributed by atoms with Crippen molar-refractivity contribution in [2.45, 2.75) is 33.7 Å². The molecule has 2 heterocycles. The SMILES string of the molecule is CCCn1c(C)cc(/C=C(/C#N)C(=O)Nc2cccc(N3CCOCC3)c2)c1C. The number of carbonyl (C=O) groups is 1. The number of aryl methyl sites for hydroxylation is 1. The highest BCUT2D eigenvalue weighted by Crippen LogP contribution is 2.22. The summed E-state index contributed by atoms with van der Waals surface area (Å²) in [5.74, 6) is -0.396.